The lowest BCUT2D eigenvalue weighted by atomic mass is 10.1. The SMILES string of the molecule is Cc1cccc(COc2ccc3c(C4CC4)noc3n2)c1. The summed E-state index contributed by atoms with van der Waals surface area (Å²) in [7, 11) is 0. The van der Waals surface area contributed by atoms with Gasteiger partial charge in [0.25, 0.3) is 5.71 Å². The highest BCUT2D eigenvalue weighted by Gasteiger charge is 2.29. The van der Waals surface area contributed by atoms with E-state index >= 15 is 0 Å². The monoisotopic (exact) mass is 280 g/mol. The number of rotatable bonds is 4. The van der Waals surface area contributed by atoms with Crippen LogP contribution in [0.1, 0.15) is 35.6 Å². The van der Waals surface area contributed by atoms with Crippen molar-refractivity contribution in [2.24, 2.45) is 0 Å². The highest BCUT2D eigenvalue weighted by molar-refractivity contribution is 5.77. The largest absolute Gasteiger partial charge is 0.473 e. The van der Waals surface area contributed by atoms with Crippen LogP contribution in [0.3, 0.4) is 0 Å². The summed E-state index contributed by atoms with van der Waals surface area (Å²) in [5.74, 6) is 1.13. The van der Waals surface area contributed by atoms with Gasteiger partial charge < -0.3 is 9.26 Å². The van der Waals surface area contributed by atoms with Gasteiger partial charge in [0.15, 0.2) is 0 Å². The first-order chi connectivity index (χ1) is 10.3. The number of fused-ring (bicyclic) bond motifs is 1. The second kappa shape index (κ2) is 4.88. The molecule has 0 atom stereocenters. The lowest BCUT2D eigenvalue weighted by molar-refractivity contribution is 0.293. The molecule has 0 aliphatic heterocycles. The Bertz CT molecular complexity index is 790. The Labute approximate surface area is 122 Å². The van der Waals surface area contributed by atoms with Gasteiger partial charge in [0.1, 0.15) is 6.61 Å². The molecule has 4 nitrogen and oxygen atoms in total. The average molecular weight is 280 g/mol. The summed E-state index contributed by atoms with van der Waals surface area (Å²) >= 11 is 0. The van der Waals surface area contributed by atoms with Crippen LogP contribution in [0, 0.1) is 6.92 Å². The molecule has 1 saturated carbocycles. The first-order valence-electron chi connectivity index (χ1n) is 7.24. The first-order valence-corrected chi connectivity index (χ1v) is 7.24. The molecule has 4 rings (SSSR count). The molecule has 2 aromatic heterocycles. The maximum absolute atomic E-state index is 5.74. The van der Waals surface area contributed by atoms with Crippen molar-refractivity contribution in [3.05, 3.63) is 53.2 Å². The van der Waals surface area contributed by atoms with Crippen molar-refractivity contribution in [2.75, 3.05) is 0 Å². The van der Waals surface area contributed by atoms with Gasteiger partial charge in [-0.3, -0.25) is 0 Å². The second-order valence-electron chi connectivity index (χ2n) is 5.62. The van der Waals surface area contributed by atoms with Gasteiger partial charge in [-0.15, -0.1) is 0 Å². The molecule has 106 valence electrons. The van der Waals surface area contributed by atoms with Crippen LogP contribution in [0.5, 0.6) is 5.88 Å². The first kappa shape index (κ1) is 12.4. The van der Waals surface area contributed by atoms with Crippen molar-refractivity contribution >= 4 is 11.1 Å². The van der Waals surface area contributed by atoms with Crippen LogP contribution in [-0.4, -0.2) is 10.1 Å². The molecule has 1 fully saturated rings. The predicted molar refractivity (Wildman–Crippen MR) is 79.3 cm³/mol. The smallest absolute Gasteiger partial charge is 0.261 e. The topological polar surface area (TPSA) is 48.2 Å². The van der Waals surface area contributed by atoms with Crippen LogP contribution < -0.4 is 4.74 Å². The van der Waals surface area contributed by atoms with E-state index in [1.54, 1.807) is 0 Å². The predicted octanol–water partition coefficient (Wildman–Crippen LogP) is 3.99. The van der Waals surface area contributed by atoms with Crippen LogP contribution in [0.2, 0.25) is 0 Å². The van der Waals surface area contributed by atoms with E-state index in [1.807, 2.05) is 24.3 Å². The molecular formula is C17H16N2O2. The third kappa shape index (κ3) is 2.49. The molecule has 21 heavy (non-hydrogen) atoms. The summed E-state index contributed by atoms with van der Waals surface area (Å²) in [6, 6.07) is 12.1. The van der Waals surface area contributed by atoms with E-state index in [2.05, 4.69) is 29.2 Å². The number of ether oxygens (including phenoxy) is 1. The molecular weight excluding hydrogens is 264 g/mol. The third-order valence-electron chi connectivity index (χ3n) is 3.77. The summed E-state index contributed by atoms with van der Waals surface area (Å²) in [5, 5.41) is 5.15. The Kier molecular flexibility index (Phi) is 2.88. The average Bonchev–Trinajstić information content (AvgIpc) is 3.25. The van der Waals surface area contributed by atoms with Gasteiger partial charge in [-0.25, -0.2) is 0 Å². The van der Waals surface area contributed by atoms with Crippen molar-refractivity contribution in [3.8, 4) is 5.88 Å². The molecule has 0 amide bonds. The van der Waals surface area contributed by atoms with Gasteiger partial charge in [0.05, 0.1) is 11.1 Å². The molecule has 1 aliphatic carbocycles. The van der Waals surface area contributed by atoms with Crippen LogP contribution in [-0.2, 0) is 6.61 Å². The number of aryl methyl sites for hydroxylation is 1. The third-order valence-corrected chi connectivity index (χ3v) is 3.77. The molecule has 3 aromatic rings. The van der Waals surface area contributed by atoms with Crippen molar-refractivity contribution in [1.29, 1.82) is 0 Å². The molecule has 1 aromatic carbocycles. The zero-order chi connectivity index (χ0) is 14.2. The maximum Gasteiger partial charge on any atom is 0.261 e. The van der Waals surface area contributed by atoms with Gasteiger partial charge in [-0.05, 0) is 31.4 Å². The minimum atomic E-state index is 0.504. The molecule has 2 heterocycles. The fraction of sp³-hybridized carbons (Fsp3) is 0.294. The Morgan fingerprint density at radius 3 is 2.95 bits per heavy atom. The quantitative estimate of drug-likeness (QED) is 0.725. The van der Waals surface area contributed by atoms with Crippen molar-refractivity contribution < 1.29 is 9.26 Å². The molecule has 0 spiro atoms. The minimum absolute atomic E-state index is 0.504. The molecule has 0 bridgehead atoms. The van der Waals surface area contributed by atoms with Crippen molar-refractivity contribution in [3.63, 3.8) is 0 Å². The molecule has 0 N–H and O–H groups in total. The summed E-state index contributed by atoms with van der Waals surface area (Å²) in [4.78, 5) is 4.39. The Balaban J connectivity index is 1.54. The molecule has 0 radical (unpaired) electrons. The van der Waals surface area contributed by atoms with Crippen molar-refractivity contribution in [1.82, 2.24) is 10.1 Å². The molecule has 0 saturated heterocycles. The fourth-order valence-corrected chi connectivity index (χ4v) is 2.52. The Morgan fingerprint density at radius 1 is 1.24 bits per heavy atom. The van der Waals surface area contributed by atoms with Crippen LogP contribution in [0.15, 0.2) is 40.9 Å². The van der Waals surface area contributed by atoms with E-state index in [4.69, 9.17) is 9.26 Å². The number of hydrogen-bond donors (Lipinski definition) is 0. The van der Waals surface area contributed by atoms with Gasteiger partial charge in [-0.2, -0.15) is 4.98 Å². The fourth-order valence-electron chi connectivity index (χ4n) is 2.52. The lowest BCUT2D eigenvalue weighted by Crippen LogP contribution is -1.97. The zero-order valence-electron chi connectivity index (χ0n) is 11.9. The van der Waals surface area contributed by atoms with Gasteiger partial charge in [0.2, 0.25) is 5.88 Å². The Hall–Kier alpha value is -2.36. The molecule has 4 heteroatoms. The van der Waals surface area contributed by atoms with E-state index in [0.29, 0.717) is 24.1 Å². The standard InChI is InChI=1S/C17H16N2O2/c1-11-3-2-4-12(9-11)10-20-15-8-7-14-16(13-5-6-13)19-21-17(14)18-15/h2-4,7-9,13H,5-6,10H2,1H3. The van der Waals surface area contributed by atoms with E-state index in [1.165, 1.54) is 18.4 Å². The molecule has 1 aliphatic rings. The highest BCUT2D eigenvalue weighted by atomic mass is 16.5. The Morgan fingerprint density at radius 2 is 2.14 bits per heavy atom. The number of nitrogens with zero attached hydrogens (tertiary/aromatic N) is 2. The van der Waals surface area contributed by atoms with Crippen LogP contribution in [0.4, 0.5) is 0 Å². The number of benzene rings is 1. The van der Waals surface area contributed by atoms with E-state index in [0.717, 1.165) is 16.6 Å². The lowest BCUT2D eigenvalue weighted by Gasteiger charge is -2.05. The van der Waals surface area contributed by atoms with Gasteiger partial charge in [0, 0.05) is 12.0 Å². The normalized spacial score (nSPS) is 14.5. The van der Waals surface area contributed by atoms with E-state index in [-0.39, 0.29) is 0 Å². The van der Waals surface area contributed by atoms with E-state index in [9.17, 15) is 0 Å². The van der Waals surface area contributed by atoms with Crippen molar-refractivity contribution in [2.45, 2.75) is 32.3 Å². The van der Waals surface area contributed by atoms with Gasteiger partial charge in [-0.1, -0.05) is 35.0 Å². The number of pyridine rings is 1. The summed E-state index contributed by atoms with van der Waals surface area (Å²) in [6.45, 7) is 2.57. The maximum atomic E-state index is 5.74. The zero-order valence-corrected chi connectivity index (χ0v) is 11.9. The van der Waals surface area contributed by atoms with Crippen LogP contribution in [0.25, 0.3) is 11.1 Å². The summed E-state index contributed by atoms with van der Waals surface area (Å²) < 4.78 is 11.1. The summed E-state index contributed by atoms with van der Waals surface area (Å²) in [6.07, 6.45) is 2.40. The highest BCUT2D eigenvalue weighted by Crippen LogP contribution is 2.42. The molecule has 0 unspecified atom stereocenters. The van der Waals surface area contributed by atoms with E-state index < -0.39 is 0 Å². The summed E-state index contributed by atoms with van der Waals surface area (Å²) in [5.41, 5.74) is 3.97. The van der Waals surface area contributed by atoms with Gasteiger partial charge >= 0.3 is 0 Å². The number of aromatic nitrogens is 2. The minimum Gasteiger partial charge on any atom is -0.473 e. The number of hydrogen-bond acceptors (Lipinski definition) is 4. The van der Waals surface area contributed by atoms with Crippen LogP contribution >= 0.6 is 0 Å². The second-order valence-corrected chi connectivity index (χ2v) is 5.62.